The van der Waals surface area contributed by atoms with Gasteiger partial charge in [0.25, 0.3) is 0 Å². The Balaban J connectivity index is 2.80. The predicted molar refractivity (Wildman–Crippen MR) is 71.0 cm³/mol. The van der Waals surface area contributed by atoms with Crippen LogP contribution < -0.4 is 5.63 Å². The first-order chi connectivity index (χ1) is 8.40. The van der Waals surface area contributed by atoms with E-state index < -0.39 is 0 Å². The third kappa shape index (κ3) is 2.11. The monoisotopic (exact) mass is 247 g/mol. The third-order valence-corrected chi connectivity index (χ3v) is 3.01. The fourth-order valence-corrected chi connectivity index (χ4v) is 2.17. The van der Waals surface area contributed by atoms with Crippen molar-refractivity contribution in [3.63, 3.8) is 0 Å². The van der Waals surface area contributed by atoms with Gasteiger partial charge in [-0.25, -0.2) is 4.79 Å². The highest BCUT2D eigenvalue weighted by Crippen LogP contribution is 2.33. The number of aryl methyl sites for hydroxylation is 2. The minimum atomic E-state index is -0.390. The summed E-state index contributed by atoms with van der Waals surface area (Å²) in [6.45, 7) is 4.35. The van der Waals surface area contributed by atoms with Crippen LogP contribution in [0.5, 0.6) is 5.75 Å². The van der Waals surface area contributed by atoms with Gasteiger partial charge >= 0.3 is 5.63 Å². The molecule has 96 valence electrons. The standard InChI is InChI=1S/C14H17NO3/c1-8-5-11-13(9(2)6-12(16)18-11)14(17)10(8)7-15(3)4/h5-6,17H,7H2,1-4H3. The molecule has 0 fully saturated rings. The molecule has 1 heterocycles. The summed E-state index contributed by atoms with van der Waals surface area (Å²) in [4.78, 5) is 13.3. The lowest BCUT2D eigenvalue weighted by atomic mass is 10.0. The van der Waals surface area contributed by atoms with Crippen molar-refractivity contribution in [2.45, 2.75) is 20.4 Å². The smallest absolute Gasteiger partial charge is 0.336 e. The molecule has 0 atom stereocenters. The maximum absolute atomic E-state index is 11.3. The molecule has 4 heteroatoms. The van der Waals surface area contributed by atoms with Crippen LogP contribution in [-0.2, 0) is 6.54 Å². The van der Waals surface area contributed by atoms with Gasteiger partial charge in [0.15, 0.2) is 0 Å². The molecule has 2 rings (SSSR count). The summed E-state index contributed by atoms with van der Waals surface area (Å²) in [6.07, 6.45) is 0. The molecule has 1 aromatic carbocycles. The number of aromatic hydroxyl groups is 1. The number of fused-ring (bicyclic) bond motifs is 1. The first-order valence-electron chi connectivity index (χ1n) is 5.80. The van der Waals surface area contributed by atoms with E-state index in [1.165, 1.54) is 6.07 Å². The second-order valence-corrected chi connectivity index (χ2v) is 4.88. The van der Waals surface area contributed by atoms with Gasteiger partial charge in [-0.15, -0.1) is 0 Å². The lowest BCUT2D eigenvalue weighted by Crippen LogP contribution is -2.12. The van der Waals surface area contributed by atoms with Crippen molar-refractivity contribution in [1.82, 2.24) is 4.90 Å². The highest BCUT2D eigenvalue weighted by Gasteiger charge is 2.14. The van der Waals surface area contributed by atoms with Crippen molar-refractivity contribution >= 4 is 11.0 Å². The second kappa shape index (κ2) is 4.46. The minimum Gasteiger partial charge on any atom is -0.507 e. The summed E-state index contributed by atoms with van der Waals surface area (Å²) < 4.78 is 5.13. The fourth-order valence-electron chi connectivity index (χ4n) is 2.17. The number of hydrogen-bond donors (Lipinski definition) is 1. The van der Waals surface area contributed by atoms with Gasteiger partial charge in [0.2, 0.25) is 0 Å². The molecule has 0 amide bonds. The molecule has 0 aliphatic carbocycles. The van der Waals surface area contributed by atoms with E-state index in [9.17, 15) is 9.90 Å². The highest BCUT2D eigenvalue weighted by atomic mass is 16.4. The van der Waals surface area contributed by atoms with E-state index in [1.54, 1.807) is 6.92 Å². The van der Waals surface area contributed by atoms with E-state index in [0.717, 1.165) is 16.7 Å². The van der Waals surface area contributed by atoms with E-state index in [0.29, 0.717) is 17.5 Å². The molecule has 4 nitrogen and oxygen atoms in total. The molecule has 0 spiro atoms. The molecule has 0 aliphatic heterocycles. The summed E-state index contributed by atoms with van der Waals surface area (Å²) in [6, 6.07) is 3.21. The van der Waals surface area contributed by atoms with Crippen LogP contribution in [0.4, 0.5) is 0 Å². The van der Waals surface area contributed by atoms with Crippen molar-refractivity contribution in [2.24, 2.45) is 0 Å². The largest absolute Gasteiger partial charge is 0.507 e. The Morgan fingerprint density at radius 3 is 2.50 bits per heavy atom. The quantitative estimate of drug-likeness (QED) is 0.826. The van der Waals surface area contributed by atoms with Gasteiger partial charge in [-0.1, -0.05) is 0 Å². The van der Waals surface area contributed by atoms with Crippen LogP contribution in [0.15, 0.2) is 21.3 Å². The van der Waals surface area contributed by atoms with Gasteiger partial charge < -0.3 is 14.4 Å². The van der Waals surface area contributed by atoms with Crippen LogP contribution in [0, 0.1) is 13.8 Å². The number of rotatable bonds is 2. The zero-order valence-corrected chi connectivity index (χ0v) is 11.1. The molecular formula is C14H17NO3. The molecular weight excluding hydrogens is 230 g/mol. The maximum Gasteiger partial charge on any atom is 0.336 e. The molecule has 1 aromatic heterocycles. The summed E-state index contributed by atoms with van der Waals surface area (Å²) >= 11 is 0. The number of nitrogens with zero attached hydrogens (tertiary/aromatic N) is 1. The van der Waals surface area contributed by atoms with E-state index in [-0.39, 0.29) is 11.4 Å². The van der Waals surface area contributed by atoms with Gasteiger partial charge in [0, 0.05) is 18.2 Å². The van der Waals surface area contributed by atoms with Crippen LogP contribution in [0.2, 0.25) is 0 Å². The topological polar surface area (TPSA) is 53.7 Å². The molecule has 0 bridgehead atoms. The summed E-state index contributed by atoms with van der Waals surface area (Å²) in [7, 11) is 3.89. The molecule has 0 radical (unpaired) electrons. The molecule has 0 aliphatic rings. The van der Waals surface area contributed by atoms with Crippen LogP contribution in [0.3, 0.4) is 0 Å². The van der Waals surface area contributed by atoms with Gasteiger partial charge in [0.05, 0.1) is 5.39 Å². The zero-order chi connectivity index (χ0) is 13.4. The van der Waals surface area contributed by atoms with E-state index >= 15 is 0 Å². The van der Waals surface area contributed by atoms with Gasteiger partial charge in [-0.05, 0) is 45.1 Å². The van der Waals surface area contributed by atoms with Crippen LogP contribution in [-0.4, -0.2) is 24.1 Å². The lowest BCUT2D eigenvalue weighted by molar-refractivity contribution is 0.386. The Morgan fingerprint density at radius 2 is 1.89 bits per heavy atom. The Labute approximate surface area is 105 Å². The minimum absolute atomic E-state index is 0.208. The third-order valence-electron chi connectivity index (χ3n) is 3.01. The molecule has 18 heavy (non-hydrogen) atoms. The summed E-state index contributed by atoms with van der Waals surface area (Å²) in [5.41, 5.74) is 2.57. The average Bonchev–Trinajstić information content (AvgIpc) is 2.22. The molecule has 1 N–H and O–H groups in total. The number of phenols is 1. The normalized spacial score (nSPS) is 11.4. The number of benzene rings is 1. The Hall–Kier alpha value is -1.81. The van der Waals surface area contributed by atoms with Crippen molar-refractivity contribution in [3.8, 4) is 5.75 Å². The molecule has 0 saturated carbocycles. The Morgan fingerprint density at radius 1 is 1.22 bits per heavy atom. The van der Waals surface area contributed by atoms with Crippen molar-refractivity contribution < 1.29 is 9.52 Å². The Kier molecular flexibility index (Phi) is 3.13. The predicted octanol–water partition coefficient (Wildman–Crippen LogP) is 2.18. The van der Waals surface area contributed by atoms with Gasteiger partial charge in [0.1, 0.15) is 11.3 Å². The SMILES string of the molecule is Cc1cc2oc(=O)cc(C)c2c(O)c1CN(C)C. The van der Waals surface area contributed by atoms with Gasteiger partial charge in [-0.3, -0.25) is 0 Å². The maximum atomic E-state index is 11.3. The van der Waals surface area contributed by atoms with E-state index in [4.69, 9.17) is 4.42 Å². The van der Waals surface area contributed by atoms with E-state index in [2.05, 4.69) is 0 Å². The average molecular weight is 247 g/mol. The van der Waals surface area contributed by atoms with Crippen LogP contribution >= 0.6 is 0 Å². The molecule has 0 saturated heterocycles. The molecule has 0 unspecified atom stereocenters. The first kappa shape index (κ1) is 12.6. The van der Waals surface area contributed by atoms with Crippen LogP contribution in [0.1, 0.15) is 16.7 Å². The number of hydrogen-bond acceptors (Lipinski definition) is 4. The summed E-state index contributed by atoms with van der Waals surface area (Å²) in [5.74, 6) is 0.208. The second-order valence-electron chi connectivity index (χ2n) is 4.88. The lowest BCUT2D eigenvalue weighted by Gasteiger charge is -2.16. The molecule has 2 aromatic rings. The van der Waals surface area contributed by atoms with Crippen molar-refractivity contribution in [1.29, 1.82) is 0 Å². The van der Waals surface area contributed by atoms with Gasteiger partial charge in [-0.2, -0.15) is 0 Å². The summed E-state index contributed by atoms with van der Waals surface area (Å²) in [5, 5.41) is 11.0. The van der Waals surface area contributed by atoms with Crippen molar-refractivity contribution in [2.75, 3.05) is 14.1 Å². The first-order valence-corrected chi connectivity index (χ1v) is 5.80. The highest BCUT2D eigenvalue weighted by molar-refractivity contribution is 5.88. The van der Waals surface area contributed by atoms with E-state index in [1.807, 2.05) is 32.0 Å². The zero-order valence-electron chi connectivity index (χ0n) is 11.1. The number of phenolic OH excluding ortho intramolecular Hbond substituents is 1. The fraction of sp³-hybridized carbons (Fsp3) is 0.357. The van der Waals surface area contributed by atoms with Crippen LogP contribution in [0.25, 0.3) is 11.0 Å². The Bertz CT molecular complexity index is 656. The van der Waals surface area contributed by atoms with Crippen molar-refractivity contribution in [3.05, 3.63) is 39.2 Å².